The summed E-state index contributed by atoms with van der Waals surface area (Å²) in [4.78, 5) is 23.2. The number of carbonyl (C=O) groups excluding carboxylic acids is 2. The van der Waals surface area contributed by atoms with Crippen molar-refractivity contribution in [2.24, 2.45) is 11.0 Å². The molecule has 2 rings (SSSR count). The van der Waals surface area contributed by atoms with E-state index in [1.165, 1.54) is 13.5 Å². The number of ether oxygens (including phenoxy) is 1. The number of carbonyl (C=O) groups is 2. The zero-order valence-corrected chi connectivity index (χ0v) is 12.2. The van der Waals surface area contributed by atoms with Crippen LogP contribution in [-0.2, 0) is 9.53 Å². The summed E-state index contributed by atoms with van der Waals surface area (Å²) in [7, 11) is 1.35. The Morgan fingerprint density at radius 2 is 1.86 bits per heavy atom. The highest BCUT2D eigenvalue weighted by Gasteiger charge is 2.20. The molecule has 1 amide bonds. The zero-order chi connectivity index (χ0) is 15.1. The van der Waals surface area contributed by atoms with Crippen LogP contribution in [0.15, 0.2) is 29.4 Å². The number of hydrogen-bond donors (Lipinski definition) is 1. The van der Waals surface area contributed by atoms with E-state index in [-0.39, 0.29) is 17.8 Å². The van der Waals surface area contributed by atoms with Crippen LogP contribution in [0.3, 0.4) is 0 Å². The smallest absolute Gasteiger partial charge is 0.337 e. The van der Waals surface area contributed by atoms with Crippen LogP contribution in [0.25, 0.3) is 0 Å². The van der Waals surface area contributed by atoms with Gasteiger partial charge in [0.2, 0.25) is 5.91 Å². The summed E-state index contributed by atoms with van der Waals surface area (Å²) in [6.07, 6.45) is 6.94. The third-order valence-electron chi connectivity index (χ3n) is 3.70. The third kappa shape index (κ3) is 4.41. The molecule has 1 saturated carbocycles. The number of esters is 1. The number of methoxy groups -OCH3 is 1. The van der Waals surface area contributed by atoms with Crippen molar-refractivity contribution >= 4 is 18.1 Å². The van der Waals surface area contributed by atoms with E-state index in [1.54, 1.807) is 30.5 Å². The van der Waals surface area contributed by atoms with E-state index in [4.69, 9.17) is 0 Å². The molecule has 5 heteroatoms. The summed E-state index contributed by atoms with van der Waals surface area (Å²) in [5, 5.41) is 3.97. The summed E-state index contributed by atoms with van der Waals surface area (Å²) < 4.78 is 4.63. The molecule has 0 bridgehead atoms. The largest absolute Gasteiger partial charge is 0.465 e. The molecule has 0 atom stereocenters. The van der Waals surface area contributed by atoms with Crippen LogP contribution in [0.4, 0.5) is 0 Å². The Kier molecular flexibility index (Phi) is 5.49. The van der Waals surface area contributed by atoms with Crippen molar-refractivity contribution in [1.29, 1.82) is 0 Å². The Balaban J connectivity index is 1.86. The number of hydrazone groups is 1. The first-order chi connectivity index (χ1) is 10.2. The number of rotatable bonds is 4. The summed E-state index contributed by atoms with van der Waals surface area (Å²) in [5.41, 5.74) is 3.89. The zero-order valence-electron chi connectivity index (χ0n) is 12.2. The molecule has 5 nitrogen and oxygen atoms in total. The maximum Gasteiger partial charge on any atom is 0.337 e. The number of benzene rings is 1. The molecule has 0 aromatic heterocycles. The SMILES string of the molecule is COC(=O)c1ccc(/C=N/NC(=O)C2CCCCC2)cc1. The molecule has 1 aliphatic carbocycles. The van der Waals surface area contributed by atoms with Crippen LogP contribution >= 0.6 is 0 Å². The fourth-order valence-corrected chi connectivity index (χ4v) is 2.45. The van der Waals surface area contributed by atoms with E-state index in [0.717, 1.165) is 31.2 Å². The van der Waals surface area contributed by atoms with E-state index in [2.05, 4.69) is 15.3 Å². The molecular formula is C16H20N2O3. The molecule has 1 fully saturated rings. The van der Waals surface area contributed by atoms with E-state index in [9.17, 15) is 9.59 Å². The minimum absolute atomic E-state index is 0.00266. The van der Waals surface area contributed by atoms with Crippen LogP contribution in [0.5, 0.6) is 0 Å². The van der Waals surface area contributed by atoms with Gasteiger partial charge < -0.3 is 4.74 Å². The van der Waals surface area contributed by atoms with Crippen LogP contribution in [0.1, 0.15) is 48.0 Å². The fraction of sp³-hybridized carbons (Fsp3) is 0.438. The molecule has 0 unspecified atom stereocenters. The Morgan fingerprint density at radius 3 is 2.48 bits per heavy atom. The Morgan fingerprint density at radius 1 is 1.19 bits per heavy atom. The van der Waals surface area contributed by atoms with Gasteiger partial charge in [-0.05, 0) is 30.5 Å². The molecule has 0 radical (unpaired) electrons. The molecule has 0 saturated heterocycles. The summed E-state index contributed by atoms with van der Waals surface area (Å²) in [5.74, 6) is -0.279. The summed E-state index contributed by atoms with van der Waals surface area (Å²) in [6.45, 7) is 0. The van der Waals surface area contributed by atoms with Crippen LogP contribution in [-0.4, -0.2) is 25.2 Å². The van der Waals surface area contributed by atoms with Crippen molar-refractivity contribution in [3.63, 3.8) is 0 Å². The second-order valence-electron chi connectivity index (χ2n) is 5.18. The quantitative estimate of drug-likeness (QED) is 0.526. The lowest BCUT2D eigenvalue weighted by Gasteiger charge is -2.19. The highest BCUT2D eigenvalue weighted by molar-refractivity contribution is 5.90. The Bertz CT molecular complexity index is 517. The Hall–Kier alpha value is -2.17. The number of hydrogen-bond acceptors (Lipinski definition) is 4. The first-order valence-corrected chi connectivity index (χ1v) is 7.22. The van der Waals surface area contributed by atoms with Gasteiger partial charge in [0.1, 0.15) is 0 Å². The predicted octanol–water partition coefficient (Wildman–Crippen LogP) is 2.50. The molecule has 0 heterocycles. The van der Waals surface area contributed by atoms with Crippen molar-refractivity contribution in [2.45, 2.75) is 32.1 Å². The monoisotopic (exact) mass is 288 g/mol. The minimum Gasteiger partial charge on any atom is -0.465 e. The van der Waals surface area contributed by atoms with Gasteiger partial charge in [0.05, 0.1) is 18.9 Å². The van der Waals surface area contributed by atoms with Gasteiger partial charge in [-0.15, -0.1) is 0 Å². The first kappa shape index (κ1) is 15.2. The second kappa shape index (κ2) is 7.57. The van der Waals surface area contributed by atoms with Gasteiger partial charge in [0, 0.05) is 5.92 Å². The lowest BCUT2D eigenvalue weighted by molar-refractivity contribution is -0.125. The molecule has 1 aromatic carbocycles. The highest BCUT2D eigenvalue weighted by Crippen LogP contribution is 2.23. The normalized spacial score (nSPS) is 15.9. The molecule has 0 spiro atoms. The fourth-order valence-electron chi connectivity index (χ4n) is 2.45. The number of nitrogens with one attached hydrogen (secondary N) is 1. The number of nitrogens with zero attached hydrogens (tertiary/aromatic N) is 1. The third-order valence-corrected chi connectivity index (χ3v) is 3.70. The second-order valence-corrected chi connectivity index (χ2v) is 5.18. The maximum absolute atomic E-state index is 11.9. The Labute approximate surface area is 124 Å². The predicted molar refractivity (Wildman–Crippen MR) is 80.1 cm³/mol. The lowest BCUT2D eigenvalue weighted by Crippen LogP contribution is -2.28. The van der Waals surface area contributed by atoms with Gasteiger partial charge in [-0.2, -0.15) is 5.10 Å². The maximum atomic E-state index is 11.9. The van der Waals surface area contributed by atoms with E-state index >= 15 is 0 Å². The van der Waals surface area contributed by atoms with Crippen molar-refractivity contribution in [3.05, 3.63) is 35.4 Å². The highest BCUT2D eigenvalue weighted by atomic mass is 16.5. The van der Waals surface area contributed by atoms with Crippen molar-refractivity contribution in [1.82, 2.24) is 5.43 Å². The molecule has 0 aliphatic heterocycles. The molecule has 1 aliphatic rings. The topological polar surface area (TPSA) is 67.8 Å². The number of amides is 1. The van der Waals surface area contributed by atoms with Gasteiger partial charge in [-0.1, -0.05) is 31.4 Å². The molecule has 112 valence electrons. The minimum atomic E-state index is -0.371. The summed E-state index contributed by atoms with van der Waals surface area (Å²) in [6, 6.07) is 6.83. The standard InChI is InChI=1S/C16H20N2O3/c1-21-16(20)14-9-7-12(8-10-14)11-17-18-15(19)13-5-3-2-4-6-13/h7-11,13H,2-6H2,1H3,(H,18,19)/b17-11+. The average molecular weight is 288 g/mol. The lowest BCUT2D eigenvalue weighted by atomic mass is 9.89. The van der Waals surface area contributed by atoms with Gasteiger partial charge in [0.25, 0.3) is 0 Å². The summed E-state index contributed by atoms with van der Waals surface area (Å²) >= 11 is 0. The van der Waals surface area contributed by atoms with Crippen molar-refractivity contribution in [3.8, 4) is 0 Å². The molecular weight excluding hydrogens is 268 g/mol. The average Bonchev–Trinajstić information content (AvgIpc) is 2.55. The first-order valence-electron chi connectivity index (χ1n) is 7.22. The van der Waals surface area contributed by atoms with Gasteiger partial charge in [-0.25, -0.2) is 10.2 Å². The van der Waals surface area contributed by atoms with E-state index in [1.807, 2.05) is 0 Å². The van der Waals surface area contributed by atoms with Crippen molar-refractivity contribution in [2.75, 3.05) is 7.11 Å². The molecule has 1 aromatic rings. The van der Waals surface area contributed by atoms with E-state index < -0.39 is 0 Å². The molecule has 1 N–H and O–H groups in total. The van der Waals surface area contributed by atoms with Crippen LogP contribution in [0, 0.1) is 5.92 Å². The van der Waals surface area contributed by atoms with Gasteiger partial charge >= 0.3 is 5.97 Å². The van der Waals surface area contributed by atoms with Gasteiger partial charge in [-0.3, -0.25) is 4.79 Å². The van der Waals surface area contributed by atoms with E-state index in [0.29, 0.717) is 5.56 Å². The molecule has 21 heavy (non-hydrogen) atoms. The van der Waals surface area contributed by atoms with Crippen molar-refractivity contribution < 1.29 is 14.3 Å². The van der Waals surface area contributed by atoms with Gasteiger partial charge in [0.15, 0.2) is 0 Å². The van der Waals surface area contributed by atoms with Crippen LogP contribution < -0.4 is 5.43 Å². The van der Waals surface area contributed by atoms with Crippen LogP contribution in [0.2, 0.25) is 0 Å².